The molecule has 0 atom stereocenters. The van der Waals surface area contributed by atoms with Gasteiger partial charge in [0.15, 0.2) is 11.5 Å². The Labute approximate surface area is 138 Å². The molecule has 0 aromatic heterocycles. The molecule has 7 heteroatoms. The molecule has 0 radical (unpaired) electrons. The van der Waals surface area contributed by atoms with Gasteiger partial charge >= 0.3 is 0 Å². The molecule has 3 N–H and O–H groups in total. The van der Waals surface area contributed by atoms with Crippen LogP contribution in [0.1, 0.15) is 5.56 Å². The molecule has 0 bridgehead atoms. The summed E-state index contributed by atoms with van der Waals surface area (Å²) in [6, 6.07) is 10.5. The summed E-state index contributed by atoms with van der Waals surface area (Å²) in [5.41, 5.74) is 8.33. The van der Waals surface area contributed by atoms with Gasteiger partial charge in [0.25, 0.3) is 0 Å². The minimum atomic E-state index is 0.0711. The van der Waals surface area contributed by atoms with Crippen LogP contribution in [0.25, 0.3) is 5.70 Å². The number of hydrogen-bond acceptors (Lipinski definition) is 6. The third-order valence-corrected chi connectivity index (χ3v) is 3.70. The van der Waals surface area contributed by atoms with Crippen molar-refractivity contribution in [1.29, 1.82) is 0 Å². The lowest BCUT2D eigenvalue weighted by Gasteiger charge is -2.24. The minimum absolute atomic E-state index is 0.0711. The second-order valence-electron chi connectivity index (χ2n) is 4.83. The van der Waals surface area contributed by atoms with Crippen molar-refractivity contribution in [3.63, 3.8) is 0 Å². The lowest BCUT2D eigenvalue weighted by atomic mass is 10.1. The molecule has 3 rings (SSSR count). The molecular weight excluding hydrogens is 318 g/mol. The second-order valence-corrected chi connectivity index (χ2v) is 5.26. The highest BCUT2D eigenvalue weighted by Gasteiger charge is 2.24. The van der Waals surface area contributed by atoms with Crippen LogP contribution in [0, 0.1) is 0 Å². The smallest absolute Gasteiger partial charge is 0.186 e. The van der Waals surface area contributed by atoms with Gasteiger partial charge in [-0.15, -0.1) is 5.53 Å². The molecule has 1 heterocycles. The zero-order valence-electron chi connectivity index (χ0n) is 12.6. The quantitative estimate of drug-likeness (QED) is 0.799. The molecule has 0 fully saturated rings. The summed E-state index contributed by atoms with van der Waals surface area (Å²) in [5.74, 6) is 1.01. The van der Waals surface area contributed by atoms with Crippen LogP contribution in [-0.4, -0.2) is 19.3 Å². The first-order valence-electron chi connectivity index (χ1n) is 6.86. The summed E-state index contributed by atoms with van der Waals surface area (Å²) >= 11 is 5.95. The molecule has 2 aromatic carbocycles. The fourth-order valence-corrected chi connectivity index (χ4v) is 2.54. The number of nitrogens with one attached hydrogen (secondary N) is 2. The molecule has 0 spiro atoms. The SMILES string of the molecule is COc1cc(O)cc(N2NNC=C2c2ccc(Cl)cc2)c1OC. The molecule has 0 saturated carbocycles. The molecule has 0 amide bonds. The van der Waals surface area contributed by atoms with E-state index in [1.165, 1.54) is 13.2 Å². The summed E-state index contributed by atoms with van der Waals surface area (Å²) in [7, 11) is 3.07. The summed E-state index contributed by atoms with van der Waals surface area (Å²) < 4.78 is 10.7. The monoisotopic (exact) mass is 333 g/mol. The Balaban J connectivity index is 2.06. The van der Waals surface area contributed by atoms with E-state index in [4.69, 9.17) is 21.1 Å². The van der Waals surface area contributed by atoms with E-state index in [-0.39, 0.29) is 5.75 Å². The van der Waals surface area contributed by atoms with Gasteiger partial charge < -0.3 is 20.0 Å². The Bertz CT molecular complexity index is 747. The van der Waals surface area contributed by atoms with Crippen LogP contribution < -0.4 is 25.4 Å². The summed E-state index contributed by atoms with van der Waals surface area (Å²) in [6.07, 6.45) is 1.80. The molecule has 120 valence electrons. The lowest BCUT2D eigenvalue weighted by Crippen LogP contribution is -2.37. The van der Waals surface area contributed by atoms with Crippen LogP contribution in [0.3, 0.4) is 0 Å². The van der Waals surface area contributed by atoms with Gasteiger partial charge in [0, 0.05) is 28.9 Å². The highest BCUT2D eigenvalue weighted by atomic mass is 35.5. The molecule has 2 aromatic rings. The van der Waals surface area contributed by atoms with Crippen molar-refractivity contribution in [2.75, 3.05) is 19.2 Å². The maximum Gasteiger partial charge on any atom is 0.186 e. The van der Waals surface area contributed by atoms with Crippen LogP contribution in [-0.2, 0) is 0 Å². The number of halogens is 1. The zero-order valence-corrected chi connectivity index (χ0v) is 13.4. The fourth-order valence-electron chi connectivity index (χ4n) is 2.41. The van der Waals surface area contributed by atoms with E-state index in [0.29, 0.717) is 22.2 Å². The number of benzene rings is 2. The first-order valence-corrected chi connectivity index (χ1v) is 7.24. The van der Waals surface area contributed by atoms with Crippen molar-refractivity contribution < 1.29 is 14.6 Å². The van der Waals surface area contributed by atoms with Gasteiger partial charge in [-0.1, -0.05) is 23.7 Å². The minimum Gasteiger partial charge on any atom is -0.508 e. The summed E-state index contributed by atoms with van der Waals surface area (Å²) in [6.45, 7) is 0. The number of phenolic OH excluding ortho intramolecular Hbond substituents is 1. The van der Waals surface area contributed by atoms with Crippen molar-refractivity contribution >= 4 is 23.0 Å². The van der Waals surface area contributed by atoms with E-state index in [2.05, 4.69) is 11.0 Å². The molecular formula is C16H16ClN3O3. The Morgan fingerprint density at radius 2 is 1.83 bits per heavy atom. The van der Waals surface area contributed by atoms with Gasteiger partial charge in [-0.3, -0.25) is 5.01 Å². The average molecular weight is 334 g/mol. The number of anilines is 1. The van der Waals surface area contributed by atoms with Gasteiger partial charge in [0.2, 0.25) is 0 Å². The number of hydrogen-bond donors (Lipinski definition) is 3. The van der Waals surface area contributed by atoms with E-state index in [0.717, 1.165) is 11.3 Å². The predicted molar refractivity (Wildman–Crippen MR) is 89.4 cm³/mol. The topological polar surface area (TPSA) is 66.0 Å². The first kappa shape index (κ1) is 15.3. The summed E-state index contributed by atoms with van der Waals surface area (Å²) in [5, 5.41) is 12.4. The Hall–Kier alpha value is -2.57. The maximum atomic E-state index is 9.95. The number of ether oxygens (including phenoxy) is 2. The van der Waals surface area contributed by atoms with E-state index in [9.17, 15) is 5.11 Å². The van der Waals surface area contributed by atoms with Crippen molar-refractivity contribution in [1.82, 2.24) is 11.0 Å². The standard InChI is InChI=1S/C16H16ClN3O3/c1-22-15-8-12(21)7-13(16(15)23-2)20-14(9-18-19-20)10-3-5-11(17)6-4-10/h3-9,18-19,21H,1-2H3. The van der Waals surface area contributed by atoms with E-state index in [1.54, 1.807) is 24.4 Å². The van der Waals surface area contributed by atoms with Crippen molar-refractivity contribution in [2.45, 2.75) is 0 Å². The van der Waals surface area contributed by atoms with Crippen molar-refractivity contribution in [2.24, 2.45) is 0 Å². The van der Waals surface area contributed by atoms with Gasteiger partial charge in [0.1, 0.15) is 11.4 Å². The number of methoxy groups -OCH3 is 2. The molecule has 1 aliphatic rings. The van der Waals surface area contributed by atoms with Crippen LogP contribution in [0.5, 0.6) is 17.2 Å². The lowest BCUT2D eigenvalue weighted by molar-refractivity contribution is 0.351. The molecule has 23 heavy (non-hydrogen) atoms. The first-order chi connectivity index (χ1) is 11.1. The Kier molecular flexibility index (Phi) is 4.18. The van der Waals surface area contributed by atoms with Gasteiger partial charge in [-0.2, -0.15) is 0 Å². The van der Waals surface area contributed by atoms with Crippen LogP contribution >= 0.6 is 11.6 Å². The predicted octanol–water partition coefficient (Wildman–Crippen LogP) is 2.89. The molecule has 6 nitrogen and oxygen atoms in total. The third-order valence-electron chi connectivity index (χ3n) is 3.45. The largest absolute Gasteiger partial charge is 0.508 e. The Morgan fingerprint density at radius 3 is 2.48 bits per heavy atom. The number of nitrogens with zero attached hydrogens (tertiary/aromatic N) is 1. The third kappa shape index (κ3) is 2.86. The molecule has 0 saturated heterocycles. The molecule has 1 aliphatic heterocycles. The van der Waals surface area contributed by atoms with Crippen molar-refractivity contribution in [3.8, 4) is 17.2 Å². The number of phenols is 1. The highest BCUT2D eigenvalue weighted by molar-refractivity contribution is 6.30. The van der Waals surface area contributed by atoms with E-state index in [1.807, 2.05) is 24.3 Å². The molecule has 0 aliphatic carbocycles. The van der Waals surface area contributed by atoms with Crippen LogP contribution in [0.4, 0.5) is 5.69 Å². The average Bonchev–Trinajstić information content (AvgIpc) is 3.04. The van der Waals surface area contributed by atoms with Gasteiger partial charge in [0.05, 0.1) is 19.9 Å². The van der Waals surface area contributed by atoms with Gasteiger partial charge in [-0.05, 0) is 12.1 Å². The fraction of sp³-hybridized carbons (Fsp3) is 0.125. The maximum absolute atomic E-state index is 9.95. The Morgan fingerprint density at radius 1 is 1.09 bits per heavy atom. The highest BCUT2D eigenvalue weighted by Crippen LogP contribution is 2.43. The van der Waals surface area contributed by atoms with Gasteiger partial charge in [-0.25, -0.2) is 0 Å². The normalized spacial score (nSPS) is 13.5. The number of hydrazine groups is 2. The number of rotatable bonds is 4. The van der Waals surface area contributed by atoms with E-state index >= 15 is 0 Å². The van der Waals surface area contributed by atoms with Crippen molar-refractivity contribution in [3.05, 3.63) is 53.2 Å². The van der Waals surface area contributed by atoms with Crippen LogP contribution in [0.15, 0.2) is 42.6 Å². The van der Waals surface area contributed by atoms with Crippen LogP contribution in [0.2, 0.25) is 5.02 Å². The second kappa shape index (κ2) is 6.28. The molecule has 0 unspecified atom stereocenters. The van der Waals surface area contributed by atoms with E-state index < -0.39 is 0 Å². The summed E-state index contributed by atoms with van der Waals surface area (Å²) in [4.78, 5) is 0. The number of aromatic hydroxyl groups is 1. The zero-order chi connectivity index (χ0) is 16.4.